The van der Waals surface area contributed by atoms with E-state index < -0.39 is 5.91 Å². The SMILES string of the molecule is O=C(COc1cc(Cl)ccc1Cl)N/N=C/c1ccccc1. The number of nitrogens with zero attached hydrogens (tertiary/aromatic N) is 1. The second-order valence-electron chi connectivity index (χ2n) is 4.07. The molecule has 0 spiro atoms. The van der Waals surface area contributed by atoms with Crippen molar-refractivity contribution < 1.29 is 9.53 Å². The highest BCUT2D eigenvalue weighted by Gasteiger charge is 2.05. The average molecular weight is 323 g/mol. The zero-order chi connectivity index (χ0) is 15.1. The smallest absolute Gasteiger partial charge is 0.277 e. The topological polar surface area (TPSA) is 50.7 Å². The van der Waals surface area contributed by atoms with E-state index in [1.54, 1.807) is 24.4 Å². The van der Waals surface area contributed by atoms with E-state index in [0.29, 0.717) is 15.8 Å². The number of halogens is 2. The number of amides is 1. The number of hydrogen-bond acceptors (Lipinski definition) is 3. The molecule has 2 aromatic carbocycles. The van der Waals surface area contributed by atoms with E-state index in [1.165, 1.54) is 0 Å². The first kappa shape index (κ1) is 15.4. The molecule has 0 saturated carbocycles. The molecule has 0 unspecified atom stereocenters. The summed E-state index contributed by atoms with van der Waals surface area (Å²) in [6.07, 6.45) is 1.55. The van der Waals surface area contributed by atoms with Crippen molar-refractivity contribution in [1.82, 2.24) is 5.43 Å². The van der Waals surface area contributed by atoms with Crippen molar-refractivity contribution in [2.75, 3.05) is 6.61 Å². The Hall–Kier alpha value is -2.04. The molecule has 0 aliphatic carbocycles. The van der Waals surface area contributed by atoms with E-state index >= 15 is 0 Å². The highest BCUT2D eigenvalue weighted by Crippen LogP contribution is 2.27. The third kappa shape index (κ3) is 5.10. The van der Waals surface area contributed by atoms with Crippen LogP contribution in [0.25, 0.3) is 0 Å². The maximum Gasteiger partial charge on any atom is 0.277 e. The molecule has 0 radical (unpaired) electrons. The molecule has 0 aromatic heterocycles. The van der Waals surface area contributed by atoms with E-state index in [1.807, 2.05) is 30.3 Å². The van der Waals surface area contributed by atoms with Gasteiger partial charge in [0, 0.05) is 11.1 Å². The maximum absolute atomic E-state index is 11.6. The average Bonchev–Trinajstić information content (AvgIpc) is 2.49. The van der Waals surface area contributed by atoms with Crippen LogP contribution in [0.5, 0.6) is 5.75 Å². The Balaban J connectivity index is 1.82. The van der Waals surface area contributed by atoms with Crippen LogP contribution in [0.4, 0.5) is 0 Å². The Bertz CT molecular complexity index is 645. The lowest BCUT2D eigenvalue weighted by molar-refractivity contribution is -0.123. The van der Waals surface area contributed by atoms with Crippen LogP contribution >= 0.6 is 23.2 Å². The number of carbonyl (C=O) groups is 1. The first-order chi connectivity index (χ1) is 10.1. The summed E-state index contributed by atoms with van der Waals surface area (Å²) in [5, 5.41) is 4.70. The van der Waals surface area contributed by atoms with E-state index in [2.05, 4.69) is 10.5 Å². The molecule has 2 aromatic rings. The summed E-state index contributed by atoms with van der Waals surface area (Å²) in [6, 6.07) is 14.2. The molecule has 0 saturated heterocycles. The van der Waals surface area contributed by atoms with Crippen LogP contribution in [0.15, 0.2) is 53.6 Å². The molecular weight excluding hydrogens is 311 g/mol. The third-order valence-electron chi connectivity index (χ3n) is 2.45. The van der Waals surface area contributed by atoms with Crippen molar-refractivity contribution >= 4 is 35.3 Å². The fourth-order valence-corrected chi connectivity index (χ4v) is 1.82. The predicted octanol–water partition coefficient (Wildman–Crippen LogP) is 3.52. The van der Waals surface area contributed by atoms with Crippen molar-refractivity contribution in [3.05, 3.63) is 64.1 Å². The zero-order valence-electron chi connectivity index (χ0n) is 10.9. The second-order valence-corrected chi connectivity index (χ2v) is 4.91. The van der Waals surface area contributed by atoms with Crippen LogP contribution in [0.1, 0.15) is 5.56 Å². The Kier molecular flexibility index (Phi) is 5.60. The van der Waals surface area contributed by atoms with Gasteiger partial charge in [0.1, 0.15) is 5.75 Å². The van der Waals surface area contributed by atoms with Crippen molar-refractivity contribution in [1.29, 1.82) is 0 Å². The summed E-state index contributed by atoms with van der Waals surface area (Å²) < 4.78 is 5.28. The minimum Gasteiger partial charge on any atom is -0.482 e. The van der Waals surface area contributed by atoms with E-state index in [9.17, 15) is 4.79 Å². The number of carbonyl (C=O) groups excluding carboxylic acids is 1. The molecule has 0 bridgehead atoms. The van der Waals surface area contributed by atoms with Gasteiger partial charge in [0.25, 0.3) is 5.91 Å². The van der Waals surface area contributed by atoms with Gasteiger partial charge in [-0.1, -0.05) is 53.5 Å². The minimum atomic E-state index is -0.391. The zero-order valence-corrected chi connectivity index (χ0v) is 12.4. The van der Waals surface area contributed by atoms with Gasteiger partial charge < -0.3 is 4.74 Å². The minimum absolute atomic E-state index is 0.202. The predicted molar refractivity (Wildman–Crippen MR) is 84.1 cm³/mol. The van der Waals surface area contributed by atoms with E-state index in [-0.39, 0.29) is 6.61 Å². The molecule has 21 heavy (non-hydrogen) atoms. The summed E-state index contributed by atoms with van der Waals surface area (Å²) in [5.74, 6) is -0.0374. The van der Waals surface area contributed by atoms with Gasteiger partial charge in [-0.05, 0) is 17.7 Å². The number of ether oxygens (including phenoxy) is 1. The second kappa shape index (κ2) is 7.67. The van der Waals surface area contributed by atoms with Crippen molar-refractivity contribution in [3.8, 4) is 5.75 Å². The largest absolute Gasteiger partial charge is 0.482 e. The highest BCUT2D eigenvalue weighted by atomic mass is 35.5. The number of benzene rings is 2. The highest BCUT2D eigenvalue weighted by molar-refractivity contribution is 6.34. The molecule has 108 valence electrons. The molecule has 0 heterocycles. The fourth-order valence-electron chi connectivity index (χ4n) is 1.48. The Labute approximate surface area is 132 Å². The number of rotatable bonds is 5. The number of hydrazone groups is 1. The van der Waals surface area contributed by atoms with Gasteiger partial charge in [-0.2, -0.15) is 5.10 Å². The molecule has 0 aliphatic heterocycles. The number of hydrogen-bond donors (Lipinski definition) is 1. The summed E-state index contributed by atoms with van der Waals surface area (Å²) in [5.41, 5.74) is 3.25. The summed E-state index contributed by atoms with van der Waals surface area (Å²) in [4.78, 5) is 11.6. The van der Waals surface area contributed by atoms with Crippen molar-refractivity contribution in [2.24, 2.45) is 5.10 Å². The van der Waals surface area contributed by atoms with Gasteiger partial charge in [0.15, 0.2) is 6.61 Å². The summed E-state index contributed by atoms with van der Waals surface area (Å²) >= 11 is 11.7. The lowest BCUT2D eigenvalue weighted by Crippen LogP contribution is -2.24. The molecule has 6 heteroatoms. The standard InChI is InChI=1S/C15H12Cl2N2O2/c16-12-6-7-13(17)14(8-12)21-10-15(20)19-18-9-11-4-2-1-3-5-11/h1-9H,10H2,(H,19,20)/b18-9+. The third-order valence-corrected chi connectivity index (χ3v) is 3.00. The normalized spacial score (nSPS) is 10.6. The van der Waals surface area contributed by atoms with Crippen molar-refractivity contribution in [2.45, 2.75) is 0 Å². The fraction of sp³-hybridized carbons (Fsp3) is 0.0667. The summed E-state index contributed by atoms with van der Waals surface area (Å²) in [6.45, 7) is -0.202. The lowest BCUT2D eigenvalue weighted by Gasteiger charge is -2.07. The van der Waals surface area contributed by atoms with Gasteiger partial charge in [0.05, 0.1) is 11.2 Å². The monoisotopic (exact) mass is 322 g/mol. The van der Waals surface area contributed by atoms with Gasteiger partial charge in [0.2, 0.25) is 0 Å². The molecule has 0 fully saturated rings. The van der Waals surface area contributed by atoms with Crippen LogP contribution in [0.2, 0.25) is 10.0 Å². The van der Waals surface area contributed by atoms with Crippen LogP contribution in [-0.2, 0) is 4.79 Å². The van der Waals surface area contributed by atoms with Crippen LogP contribution in [0.3, 0.4) is 0 Å². The quantitative estimate of drug-likeness (QED) is 0.676. The molecule has 0 atom stereocenters. The Morgan fingerprint density at radius 1 is 1.19 bits per heavy atom. The van der Waals surface area contributed by atoms with E-state index in [4.69, 9.17) is 27.9 Å². The van der Waals surface area contributed by atoms with Crippen LogP contribution in [-0.4, -0.2) is 18.7 Å². The number of nitrogens with one attached hydrogen (secondary N) is 1. The first-order valence-electron chi connectivity index (χ1n) is 6.10. The Morgan fingerprint density at radius 3 is 2.71 bits per heavy atom. The Morgan fingerprint density at radius 2 is 1.95 bits per heavy atom. The first-order valence-corrected chi connectivity index (χ1v) is 6.85. The van der Waals surface area contributed by atoms with Gasteiger partial charge in [-0.15, -0.1) is 0 Å². The van der Waals surface area contributed by atoms with Crippen LogP contribution in [0, 0.1) is 0 Å². The van der Waals surface area contributed by atoms with E-state index in [0.717, 1.165) is 5.56 Å². The molecule has 0 aliphatic rings. The molecule has 4 nitrogen and oxygen atoms in total. The molecule has 1 N–H and O–H groups in total. The van der Waals surface area contributed by atoms with Crippen LogP contribution < -0.4 is 10.2 Å². The van der Waals surface area contributed by atoms with Gasteiger partial charge >= 0.3 is 0 Å². The van der Waals surface area contributed by atoms with Gasteiger partial charge in [-0.25, -0.2) is 5.43 Å². The van der Waals surface area contributed by atoms with Crippen molar-refractivity contribution in [3.63, 3.8) is 0 Å². The molecule has 2 rings (SSSR count). The summed E-state index contributed by atoms with van der Waals surface area (Å²) in [7, 11) is 0. The van der Waals surface area contributed by atoms with Gasteiger partial charge in [-0.3, -0.25) is 4.79 Å². The lowest BCUT2D eigenvalue weighted by atomic mass is 10.2. The maximum atomic E-state index is 11.6. The molecule has 1 amide bonds. The molecular formula is C15H12Cl2N2O2.